The molecule has 2 N–H and O–H groups in total. The van der Waals surface area contributed by atoms with Gasteiger partial charge >= 0.3 is 5.97 Å². The lowest BCUT2D eigenvalue weighted by Gasteiger charge is -2.07. The molecule has 0 amide bonds. The van der Waals surface area contributed by atoms with Gasteiger partial charge in [0.2, 0.25) is 0 Å². The van der Waals surface area contributed by atoms with Crippen LogP contribution in [0.2, 0.25) is 0 Å². The highest BCUT2D eigenvalue weighted by Crippen LogP contribution is 2.34. The van der Waals surface area contributed by atoms with Crippen LogP contribution in [0.15, 0.2) is 18.2 Å². The van der Waals surface area contributed by atoms with E-state index in [9.17, 15) is 4.79 Å². The van der Waals surface area contributed by atoms with Gasteiger partial charge in [-0.3, -0.25) is 4.79 Å². The summed E-state index contributed by atoms with van der Waals surface area (Å²) in [6, 6.07) is 5.93. The molecular formula is C12H15NO2. The van der Waals surface area contributed by atoms with Gasteiger partial charge in [0.15, 0.2) is 0 Å². The van der Waals surface area contributed by atoms with Crippen molar-refractivity contribution < 1.29 is 9.90 Å². The van der Waals surface area contributed by atoms with Crippen molar-refractivity contribution in [2.75, 3.05) is 11.9 Å². The molecule has 1 heterocycles. The predicted molar refractivity (Wildman–Crippen MR) is 59.3 cm³/mol. The fourth-order valence-corrected chi connectivity index (χ4v) is 2.14. The zero-order chi connectivity index (χ0) is 10.8. The Morgan fingerprint density at radius 2 is 2.40 bits per heavy atom. The summed E-state index contributed by atoms with van der Waals surface area (Å²) >= 11 is 0. The van der Waals surface area contributed by atoms with E-state index in [0.717, 1.165) is 24.1 Å². The largest absolute Gasteiger partial charge is 0.481 e. The maximum atomic E-state index is 11.0. The van der Waals surface area contributed by atoms with Crippen LogP contribution in [0.4, 0.5) is 5.69 Å². The number of carboxylic acids is 1. The van der Waals surface area contributed by atoms with Gasteiger partial charge in [0.25, 0.3) is 0 Å². The maximum Gasteiger partial charge on any atom is 0.312 e. The summed E-state index contributed by atoms with van der Waals surface area (Å²) in [5.41, 5.74) is 3.22. The third-order valence-electron chi connectivity index (χ3n) is 2.86. The van der Waals surface area contributed by atoms with Gasteiger partial charge in [-0.2, -0.15) is 0 Å². The lowest BCUT2D eigenvalue weighted by Crippen LogP contribution is -2.12. The summed E-state index contributed by atoms with van der Waals surface area (Å²) < 4.78 is 0. The Balaban J connectivity index is 2.38. The third-order valence-corrected chi connectivity index (χ3v) is 2.86. The minimum atomic E-state index is -0.741. The van der Waals surface area contributed by atoms with Gasteiger partial charge in [-0.25, -0.2) is 0 Å². The number of benzene rings is 1. The average Bonchev–Trinajstić information content (AvgIpc) is 2.62. The van der Waals surface area contributed by atoms with Crippen LogP contribution >= 0.6 is 0 Å². The summed E-state index contributed by atoms with van der Waals surface area (Å²) in [4.78, 5) is 11.0. The van der Waals surface area contributed by atoms with Crippen molar-refractivity contribution in [3.05, 3.63) is 29.3 Å². The van der Waals surface area contributed by atoms with Gasteiger partial charge in [0, 0.05) is 12.2 Å². The lowest BCUT2D eigenvalue weighted by atomic mass is 9.98. The number of carboxylic acid groups (broad SMARTS) is 1. The quantitative estimate of drug-likeness (QED) is 0.795. The summed E-state index contributed by atoms with van der Waals surface area (Å²) in [7, 11) is 0. The highest BCUT2D eigenvalue weighted by molar-refractivity contribution is 5.83. The van der Waals surface area contributed by atoms with E-state index in [-0.39, 0.29) is 5.92 Å². The highest BCUT2D eigenvalue weighted by atomic mass is 16.4. The Bertz CT molecular complexity index is 387. The number of nitrogens with one attached hydrogen (secondary N) is 1. The van der Waals surface area contributed by atoms with E-state index < -0.39 is 5.97 Å². The van der Waals surface area contributed by atoms with Crippen molar-refractivity contribution in [2.24, 2.45) is 0 Å². The van der Waals surface area contributed by atoms with Crippen LogP contribution in [-0.4, -0.2) is 17.6 Å². The molecule has 80 valence electrons. The first-order chi connectivity index (χ1) is 7.24. The zero-order valence-corrected chi connectivity index (χ0v) is 8.79. The number of hydrogen-bond donors (Lipinski definition) is 2. The fourth-order valence-electron chi connectivity index (χ4n) is 2.14. The maximum absolute atomic E-state index is 11.0. The molecule has 0 saturated carbocycles. The lowest BCUT2D eigenvalue weighted by molar-refractivity contribution is -0.138. The predicted octanol–water partition coefficient (Wildman–Crippen LogP) is 2.23. The van der Waals surface area contributed by atoms with Gasteiger partial charge < -0.3 is 10.4 Å². The van der Waals surface area contributed by atoms with Crippen molar-refractivity contribution in [3.63, 3.8) is 0 Å². The number of aryl methyl sites for hydroxylation is 1. The van der Waals surface area contributed by atoms with E-state index >= 15 is 0 Å². The minimum absolute atomic E-state index is 0.378. The molecular weight excluding hydrogens is 190 g/mol. The van der Waals surface area contributed by atoms with E-state index in [2.05, 4.69) is 18.3 Å². The van der Waals surface area contributed by atoms with Gasteiger partial charge in [0.1, 0.15) is 5.92 Å². The molecule has 15 heavy (non-hydrogen) atoms. The molecule has 1 unspecified atom stereocenters. The Kier molecular flexibility index (Phi) is 2.62. The first-order valence-corrected chi connectivity index (χ1v) is 5.32. The molecule has 1 aromatic carbocycles. The van der Waals surface area contributed by atoms with Gasteiger partial charge in [-0.05, 0) is 17.5 Å². The highest BCUT2D eigenvalue weighted by Gasteiger charge is 2.29. The van der Waals surface area contributed by atoms with Crippen molar-refractivity contribution in [3.8, 4) is 0 Å². The van der Waals surface area contributed by atoms with Crippen LogP contribution in [0.3, 0.4) is 0 Å². The van der Waals surface area contributed by atoms with E-state index in [0.29, 0.717) is 6.54 Å². The van der Waals surface area contributed by atoms with Crippen LogP contribution in [-0.2, 0) is 11.2 Å². The molecule has 1 aliphatic heterocycles. The number of rotatable bonds is 3. The normalized spacial score (nSPS) is 18.3. The number of fused-ring (bicyclic) bond motifs is 1. The van der Waals surface area contributed by atoms with Gasteiger partial charge in [-0.15, -0.1) is 0 Å². The molecule has 0 saturated heterocycles. The minimum Gasteiger partial charge on any atom is -0.481 e. The molecule has 3 heteroatoms. The van der Waals surface area contributed by atoms with E-state index in [1.807, 2.05) is 12.1 Å². The Morgan fingerprint density at radius 3 is 3.07 bits per heavy atom. The van der Waals surface area contributed by atoms with E-state index in [4.69, 9.17) is 5.11 Å². The molecule has 1 aromatic rings. The van der Waals surface area contributed by atoms with Crippen LogP contribution in [0.5, 0.6) is 0 Å². The van der Waals surface area contributed by atoms with E-state index in [1.165, 1.54) is 5.56 Å². The van der Waals surface area contributed by atoms with Gasteiger partial charge in [0.05, 0.1) is 0 Å². The van der Waals surface area contributed by atoms with Gasteiger partial charge in [-0.1, -0.05) is 31.5 Å². The van der Waals surface area contributed by atoms with Crippen molar-refractivity contribution in [1.29, 1.82) is 0 Å². The number of anilines is 1. The molecule has 2 rings (SSSR count). The molecule has 1 atom stereocenters. The molecule has 1 aliphatic rings. The molecule has 0 bridgehead atoms. The number of carbonyl (C=O) groups is 1. The smallest absolute Gasteiger partial charge is 0.312 e. The van der Waals surface area contributed by atoms with Crippen LogP contribution in [0.25, 0.3) is 0 Å². The summed E-state index contributed by atoms with van der Waals surface area (Å²) in [6.07, 6.45) is 2.08. The summed E-state index contributed by atoms with van der Waals surface area (Å²) in [5.74, 6) is -1.12. The standard InChI is InChI=1S/C12H15NO2/c1-2-4-8-5-3-6-9-10(12(14)15)7-13-11(8)9/h3,5-6,10,13H,2,4,7H2,1H3,(H,14,15). The SMILES string of the molecule is CCCc1cccc2c1NCC2C(=O)O. The molecule has 0 radical (unpaired) electrons. The second-order valence-electron chi connectivity index (χ2n) is 3.90. The topological polar surface area (TPSA) is 49.3 Å². The average molecular weight is 205 g/mol. The van der Waals surface area contributed by atoms with Crippen molar-refractivity contribution >= 4 is 11.7 Å². The Labute approximate surface area is 89.1 Å². The van der Waals surface area contributed by atoms with Crippen molar-refractivity contribution in [1.82, 2.24) is 0 Å². The second-order valence-corrected chi connectivity index (χ2v) is 3.90. The Hall–Kier alpha value is -1.51. The molecule has 0 aliphatic carbocycles. The van der Waals surface area contributed by atoms with E-state index in [1.54, 1.807) is 0 Å². The van der Waals surface area contributed by atoms with Crippen molar-refractivity contribution in [2.45, 2.75) is 25.7 Å². The molecule has 0 fully saturated rings. The summed E-state index contributed by atoms with van der Waals surface area (Å²) in [6.45, 7) is 2.65. The first kappa shape index (κ1) is 10.0. The summed E-state index contributed by atoms with van der Waals surface area (Å²) in [5, 5.41) is 12.2. The van der Waals surface area contributed by atoms with Crippen LogP contribution in [0, 0.1) is 0 Å². The number of para-hydroxylation sites is 1. The third kappa shape index (κ3) is 1.69. The Morgan fingerprint density at radius 1 is 1.60 bits per heavy atom. The first-order valence-electron chi connectivity index (χ1n) is 5.32. The fraction of sp³-hybridized carbons (Fsp3) is 0.417. The second kappa shape index (κ2) is 3.93. The molecule has 0 aromatic heterocycles. The van der Waals surface area contributed by atoms with Crippen LogP contribution < -0.4 is 5.32 Å². The number of hydrogen-bond acceptors (Lipinski definition) is 2. The molecule has 3 nitrogen and oxygen atoms in total. The van der Waals surface area contributed by atoms with Crippen LogP contribution in [0.1, 0.15) is 30.4 Å². The number of aliphatic carboxylic acids is 1. The molecule has 0 spiro atoms. The zero-order valence-electron chi connectivity index (χ0n) is 8.79. The monoisotopic (exact) mass is 205 g/mol.